The number of aliphatic imine (C=N–C) groups is 1. The van der Waals surface area contributed by atoms with Crippen LogP contribution in [-0.2, 0) is 9.98 Å². The van der Waals surface area contributed by atoms with Crippen molar-refractivity contribution in [1.82, 2.24) is 0 Å². The Labute approximate surface area is 172 Å². The van der Waals surface area contributed by atoms with E-state index in [9.17, 15) is 4.57 Å². The van der Waals surface area contributed by atoms with Crippen LogP contribution < -0.4 is 5.73 Å². The molecule has 2 atom stereocenters. The highest BCUT2D eigenvalue weighted by Crippen LogP contribution is 2.65. The largest absolute Gasteiger partial charge is 0.387 e. The first-order chi connectivity index (χ1) is 12.7. The molecule has 2 unspecified atom stereocenters. The van der Waals surface area contributed by atoms with E-state index in [0.29, 0.717) is 23.8 Å². The fraction of sp³-hybridized carbons (Fsp3) is 0.632. The first-order valence-corrected chi connectivity index (χ1v) is 13.4. The standard InChI is InChI=1S/C19H26BrN2O3PS/c20-16-3-1-15(2-4-16)19-8-13-5-14(9-19)7-18(6-13,11-19)12-22-17(21)10-27-26(23,24)25/h1-4,13-14H,5-12H2,(H2,21,22)(H2,23,24,25). The second-order valence-electron chi connectivity index (χ2n) is 8.82. The minimum atomic E-state index is -4.10. The fourth-order valence-electron chi connectivity index (χ4n) is 6.24. The van der Waals surface area contributed by atoms with E-state index in [2.05, 4.69) is 45.2 Å². The monoisotopic (exact) mass is 472 g/mol. The second-order valence-corrected chi connectivity index (χ2v) is 13.5. The Kier molecular flexibility index (Phi) is 5.30. The molecule has 4 bridgehead atoms. The maximum Gasteiger partial charge on any atom is 0.384 e. The minimum Gasteiger partial charge on any atom is -0.387 e. The fourth-order valence-corrected chi connectivity index (χ4v) is 7.80. The maximum absolute atomic E-state index is 11.0. The van der Waals surface area contributed by atoms with E-state index in [1.165, 1.54) is 37.7 Å². The van der Waals surface area contributed by atoms with Gasteiger partial charge in [-0.25, -0.2) is 4.57 Å². The summed E-state index contributed by atoms with van der Waals surface area (Å²) in [5.41, 5.74) is 7.86. The van der Waals surface area contributed by atoms with E-state index in [4.69, 9.17) is 15.5 Å². The lowest BCUT2D eigenvalue weighted by Gasteiger charge is -2.62. The number of halogens is 1. The van der Waals surface area contributed by atoms with Gasteiger partial charge in [-0.2, -0.15) is 0 Å². The van der Waals surface area contributed by atoms with Crippen LogP contribution in [0.15, 0.2) is 33.7 Å². The molecule has 5 nitrogen and oxygen atoms in total. The molecule has 5 rings (SSSR count). The topological polar surface area (TPSA) is 95.9 Å². The van der Waals surface area contributed by atoms with Gasteiger partial charge in [-0.05, 0) is 90.3 Å². The molecular weight excluding hydrogens is 447 g/mol. The van der Waals surface area contributed by atoms with Crippen molar-refractivity contribution in [2.24, 2.45) is 28.0 Å². The zero-order valence-corrected chi connectivity index (χ0v) is 18.5. The highest BCUT2D eigenvalue weighted by atomic mass is 79.9. The van der Waals surface area contributed by atoms with Crippen molar-refractivity contribution in [2.75, 3.05) is 12.3 Å². The zero-order chi connectivity index (χ0) is 19.3. The van der Waals surface area contributed by atoms with E-state index < -0.39 is 6.80 Å². The van der Waals surface area contributed by atoms with E-state index in [1.807, 2.05) is 0 Å². The molecule has 4 saturated carbocycles. The predicted octanol–water partition coefficient (Wildman–Crippen LogP) is 4.47. The third kappa shape index (κ3) is 4.32. The predicted molar refractivity (Wildman–Crippen MR) is 114 cm³/mol. The molecule has 0 radical (unpaired) electrons. The first-order valence-electron chi connectivity index (χ1n) is 9.42. The number of nitrogens with zero attached hydrogens (tertiary/aromatic N) is 1. The Bertz CT molecular complexity index is 781. The molecule has 27 heavy (non-hydrogen) atoms. The lowest BCUT2D eigenvalue weighted by atomic mass is 9.43. The van der Waals surface area contributed by atoms with Gasteiger partial charge in [0.25, 0.3) is 0 Å². The molecule has 0 aromatic heterocycles. The molecular formula is C19H26BrN2O3PS. The summed E-state index contributed by atoms with van der Waals surface area (Å²) in [5.74, 6) is 1.95. The molecule has 0 heterocycles. The second kappa shape index (κ2) is 7.17. The summed E-state index contributed by atoms with van der Waals surface area (Å²) >= 11 is 4.11. The first kappa shape index (κ1) is 20.0. The van der Waals surface area contributed by atoms with Gasteiger partial charge in [0.15, 0.2) is 0 Å². The van der Waals surface area contributed by atoms with Crippen molar-refractivity contribution in [3.63, 3.8) is 0 Å². The van der Waals surface area contributed by atoms with Gasteiger partial charge >= 0.3 is 6.80 Å². The lowest BCUT2D eigenvalue weighted by molar-refractivity contribution is -0.0664. The van der Waals surface area contributed by atoms with Crippen molar-refractivity contribution in [1.29, 1.82) is 0 Å². The Morgan fingerprint density at radius 3 is 2.44 bits per heavy atom. The number of hydrogen-bond acceptors (Lipinski definition) is 3. The normalized spacial score (nSPS) is 35.6. The molecule has 1 aromatic rings. The highest BCUT2D eigenvalue weighted by Gasteiger charge is 2.57. The van der Waals surface area contributed by atoms with Gasteiger partial charge in [0, 0.05) is 11.0 Å². The van der Waals surface area contributed by atoms with E-state index in [1.54, 1.807) is 0 Å². The zero-order valence-electron chi connectivity index (χ0n) is 15.2. The molecule has 0 amide bonds. The molecule has 4 fully saturated rings. The highest BCUT2D eigenvalue weighted by molar-refractivity contribution is 9.10. The molecule has 0 aliphatic heterocycles. The van der Waals surface area contributed by atoms with Crippen LogP contribution in [0.1, 0.15) is 44.1 Å². The molecule has 148 valence electrons. The van der Waals surface area contributed by atoms with Crippen molar-refractivity contribution in [2.45, 2.75) is 43.9 Å². The van der Waals surface area contributed by atoms with Crippen LogP contribution >= 0.6 is 34.1 Å². The van der Waals surface area contributed by atoms with Crippen LogP contribution in [-0.4, -0.2) is 27.9 Å². The molecule has 1 aromatic carbocycles. The van der Waals surface area contributed by atoms with Gasteiger partial charge in [0.2, 0.25) is 0 Å². The van der Waals surface area contributed by atoms with Crippen LogP contribution in [0.2, 0.25) is 0 Å². The SMILES string of the molecule is NC(CSP(=O)(O)O)=NCC12CC3CC(C1)CC(c1ccc(Br)cc1)(C3)C2. The van der Waals surface area contributed by atoms with Crippen LogP contribution in [0.3, 0.4) is 0 Å². The van der Waals surface area contributed by atoms with Gasteiger partial charge < -0.3 is 15.5 Å². The van der Waals surface area contributed by atoms with Crippen molar-refractivity contribution >= 4 is 39.9 Å². The molecule has 8 heteroatoms. The average Bonchev–Trinajstić information content (AvgIpc) is 2.57. The summed E-state index contributed by atoms with van der Waals surface area (Å²) in [6.07, 6.45) is 7.47. The Balaban J connectivity index is 1.53. The Morgan fingerprint density at radius 2 is 1.85 bits per heavy atom. The summed E-state index contributed by atoms with van der Waals surface area (Å²) in [7, 11) is 0. The maximum atomic E-state index is 11.0. The van der Waals surface area contributed by atoms with Crippen molar-refractivity contribution in [3.05, 3.63) is 34.3 Å². The summed E-state index contributed by atoms with van der Waals surface area (Å²) < 4.78 is 12.1. The van der Waals surface area contributed by atoms with E-state index in [0.717, 1.165) is 22.7 Å². The van der Waals surface area contributed by atoms with Gasteiger partial charge in [-0.15, -0.1) is 0 Å². The van der Waals surface area contributed by atoms with Crippen LogP contribution in [0, 0.1) is 17.3 Å². The Hall–Kier alpha value is -0.330. The van der Waals surface area contributed by atoms with Gasteiger partial charge in [0.1, 0.15) is 5.84 Å². The Morgan fingerprint density at radius 1 is 1.22 bits per heavy atom. The van der Waals surface area contributed by atoms with Gasteiger partial charge in [-0.3, -0.25) is 4.99 Å². The summed E-state index contributed by atoms with van der Waals surface area (Å²) in [6, 6.07) is 8.85. The van der Waals surface area contributed by atoms with Crippen molar-refractivity contribution < 1.29 is 14.4 Å². The average molecular weight is 473 g/mol. The van der Waals surface area contributed by atoms with Crippen LogP contribution in [0.4, 0.5) is 0 Å². The van der Waals surface area contributed by atoms with Crippen LogP contribution in [0.5, 0.6) is 0 Å². The molecule has 0 saturated heterocycles. The van der Waals surface area contributed by atoms with Gasteiger partial charge in [-0.1, -0.05) is 28.1 Å². The quantitative estimate of drug-likeness (QED) is 0.322. The van der Waals surface area contributed by atoms with Crippen molar-refractivity contribution in [3.8, 4) is 0 Å². The minimum absolute atomic E-state index is 0.0884. The number of nitrogens with two attached hydrogens (primary N) is 1. The third-order valence-electron chi connectivity index (χ3n) is 6.64. The van der Waals surface area contributed by atoms with E-state index in [-0.39, 0.29) is 16.6 Å². The van der Waals surface area contributed by atoms with E-state index >= 15 is 0 Å². The van der Waals surface area contributed by atoms with Crippen LogP contribution in [0.25, 0.3) is 0 Å². The number of rotatable bonds is 6. The molecule has 4 N–H and O–H groups in total. The molecule has 4 aliphatic rings. The smallest absolute Gasteiger partial charge is 0.384 e. The summed E-state index contributed by atoms with van der Waals surface area (Å²) in [4.78, 5) is 22.6. The number of amidine groups is 1. The van der Waals surface area contributed by atoms with Gasteiger partial charge in [0.05, 0.1) is 5.75 Å². The summed E-state index contributed by atoms with van der Waals surface area (Å²) in [6.45, 7) is -3.42. The molecule has 0 spiro atoms. The lowest BCUT2D eigenvalue weighted by Crippen LogP contribution is -2.55. The summed E-state index contributed by atoms with van der Waals surface area (Å²) in [5, 5.41) is 0. The molecule has 4 aliphatic carbocycles. The number of hydrogen-bond donors (Lipinski definition) is 3. The number of benzene rings is 1. The third-order valence-corrected chi connectivity index (χ3v) is 9.32.